The summed E-state index contributed by atoms with van der Waals surface area (Å²) in [4.78, 5) is 29.0. The van der Waals surface area contributed by atoms with Crippen LogP contribution in [0.5, 0.6) is 17.2 Å². The number of benzene rings is 2. The molecule has 2 aromatic carbocycles. The number of carbonyl (C=O) groups is 1. The molecule has 0 fully saturated rings. The van der Waals surface area contributed by atoms with Crippen LogP contribution in [-0.2, 0) is 0 Å². The van der Waals surface area contributed by atoms with E-state index in [4.69, 9.17) is 14.2 Å². The maximum atomic E-state index is 12.8. The third-order valence-corrected chi connectivity index (χ3v) is 5.75. The number of rotatable bonds is 6. The Morgan fingerprint density at radius 2 is 2.09 bits per heavy atom. The van der Waals surface area contributed by atoms with Crippen LogP contribution in [0, 0.1) is 10.1 Å². The van der Waals surface area contributed by atoms with Crippen LogP contribution in [0.4, 0.5) is 5.69 Å². The molecular weight excluding hydrogens is 434 g/mol. The van der Waals surface area contributed by atoms with Gasteiger partial charge in [0.05, 0.1) is 23.4 Å². The van der Waals surface area contributed by atoms with Gasteiger partial charge in [0.2, 0.25) is 6.79 Å². The highest BCUT2D eigenvalue weighted by molar-refractivity contribution is 7.15. The summed E-state index contributed by atoms with van der Waals surface area (Å²) in [6, 6.07) is 9.66. The maximum absolute atomic E-state index is 12.8. The van der Waals surface area contributed by atoms with Crippen LogP contribution >= 0.6 is 11.3 Å². The molecule has 0 atom stereocenters. The Labute approximate surface area is 185 Å². The van der Waals surface area contributed by atoms with Gasteiger partial charge in [-0.2, -0.15) is 0 Å². The number of methoxy groups -OCH3 is 1. The van der Waals surface area contributed by atoms with Crippen molar-refractivity contribution in [3.05, 3.63) is 75.4 Å². The summed E-state index contributed by atoms with van der Waals surface area (Å²) in [5.41, 5.74) is 2.00. The first kappa shape index (κ1) is 19.8. The van der Waals surface area contributed by atoms with Gasteiger partial charge in [-0.25, -0.2) is 4.98 Å². The molecule has 10 heteroatoms. The van der Waals surface area contributed by atoms with Crippen molar-refractivity contribution < 1.29 is 23.9 Å². The summed E-state index contributed by atoms with van der Waals surface area (Å²) in [5.74, 6) is 1.07. The fourth-order valence-electron chi connectivity index (χ4n) is 3.46. The molecule has 0 saturated carbocycles. The van der Waals surface area contributed by atoms with Crippen molar-refractivity contribution in [3.63, 3.8) is 0 Å². The van der Waals surface area contributed by atoms with Crippen LogP contribution in [0.3, 0.4) is 0 Å². The number of aromatic nitrogens is 2. The van der Waals surface area contributed by atoms with E-state index in [9.17, 15) is 14.9 Å². The summed E-state index contributed by atoms with van der Waals surface area (Å²) >= 11 is 1.42. The van der Waals surface area contributed by atoms with Gasteiger partial charge in [-0.05, 0) is 42.5 Å². The quantitative estimate of drug-likeness (QED) is 0.183. The lowest BCUT2D eigenvalue weighted by atomic mass is 10.1. The number of nitrogens with zero attached hydrogens (tertiary/aromatic N) is 3. The van der Waals surface area contributed by atoms with Crippen molar-refractivity contribution >= 4 is 33.8 Å². The first-order chi connectivity index (χ1) is 15.5. The van der Waals surface area contributed by atoms with Crippen LogP contribution in [-0.4, -0.2) is 34.0 Å². The summed E-state index contributed by atoms with van der Waals surface area (Å²) in [6.45, 7) is 0.131. The number of ketones is 1. The molecule has 4 aromatic rings. The van der Waals surface area contributed by atoms with E-state index < -0.39 is 4.92 Å². The van der Waals surface area contributed by atoms with Gasteiger partial charge in [-0.3, -0.25) is 19.3 Å². The first-order valence-corrected chi connectivity index (χ1v) is 10.3. The summed E-state index contributed by atoms with van der Waals surface area (Å²) in [6.07, 6.45) is 4.93. The molecule has 5 rings (SSSR count). The highest BCUT2D eigenvalue weighted by Gasteiger charge is 2.20. The smallest absolute Gasteiger partial charge is 0.311 e. The topological polar surface area (TPSA) is 105 Å². The molecule has 0 aliphatic carbocycles. The number of hydrogen-bond acceptors (Lipinski definition) is 8. The lowest BCUT2D eigenvalue weighted by molar-refractivity contribution is -0.385. The summed E-state index contributed by atoms with van der Waals surface area (Å²) in [5, 5.41) is 13.3. The minimum absolute atomic E-state index is 0.131. The number of nitro benzene ring substituents is 1. The van der Waals surface area contributed by atoms with Crippen molar-refractivity contribution in [2.24, 2.45) is 0 Å². The molecule has 0 spiro atoms. The van der Waals surface area contributed by atoms with E-state index in [2.05, 4.69) is 4.98 Å². The normalized spacial score (nSPS) is 12.5. The Bertz CT molecular complexity index is 1400. The highest BCUT2D eigenvalue weighted by atomic mass is 32.1. The predicted octanol–water partition coefficient (Wildman–Crippen LogP) is 4.60. The third kappa shape index (κ3) is 3.36. The fourth-order valence-corrected chi connectivity index (χ4v) is 4.18. The Hall–Kier alpha value is -4.18. The van der Waals surface area contributed by atoms with E-state index in [1.165, 1.54) is 36.7 Å². The van der Waals surface area contributed by atoms with Gasteiger partial charge in [0.1, 0.15) is 0 Å². The number of allylic oxidation sites excluding steroid dienone is 1. The second-order valence-corrected chi connectivity index (χ2v) is 7.68. The van der Waals surface area contributed by atoms with Crippen molar-refractivity contribution in [3.8, 4) is 28.5 Å². The average Bonchev–Trinajstić information content (AvgIpc) is 3.52. The zero-order chi connectivity index (χ0) is 22.2. The number of thiazole rings is 1. The number of fused-ring (bicyclic) bond motifs is 2. The van der Waals surface area contributed by atoms with Crippen molar-refractivity contribution in [2.45, 2.75) is 0 Å². The molecule has 0 bridgehead atoms. The molecule has 0 amide bonds. The van der Waals surface area contributed by atoms with Gasteiger partial charge in [0.15, 0.2) is 28.0 Å². The molecule has 3 heterocycles. The lowest BCUT2D eigenvalue weighted by Gasteiger charge is -2.05. The number of ether oxygens (including phenoxy) is 3. The average molecular weight is 449 g/mol. The predicted molar refractivity (Wildman–Crippen MR) is 118 cm³/mol. The van der Waals surface area contributed by atoms with Crippen LogP contribution < -0.4 is 14.2 Å². The Morgan fingerprint density at radius 3 is 2.91 bits per heavy atom. The third-order valence-electron chi connectivity index (χ3n) is 5.00. The van der Waals surface area contributed by atoms with E-state index in [-0.39, 0.29) is 24.0 Å². The lowest BCUT2D eigenvalue weighted by Crippen LogP contribution is -1.96. The van der Waals surface area contributed by atoms with E-state index in [1.54, 1.807) is 30.3 Å². The number of hydrogen-bond donors (Lipinski definition) is 0. The molecule has 2 aromatic heterocycles. The maximum Gasteiger partial charge on any atom is 0.311 e. The molecule has 0 N–H and O–H groups in total. The zero-order valence-electron chi connectivity index (χ0n) is 16.7. The molecular formula is C22H15N3O6S. The van der Waals surface area contributed by atoms with Gasteiger partial charge < -0.3 is 14.2 Å². The Kier molecular flexibility index (Phi) is 4.83. The zero-order valence-corrected chi connectivity index (χ0v) is 17.5. The standard InChI is InChI=1S/C22H15N3O6S/c1-29-18-6-3-14(10-16(18)25(27)28)21-15(24-8-9-32-22(24)23-21)4-5-17(26)13-2-7-19-20(11-13)31-12-30-19/h2-11H,12H2,1H3. The molecule has 32 heavy (non-hydrogen) atoms. The molecule has 0 radical (unpaired) electrons. The first-order valence-electron chi connectivity index (χ1n) is 9.45. The second-order valence-electron chi connectivity index (χ2n) is 6.81. The minimum atomic E-state index is -0.501. The van der Waals surface area contributed by atoms with Gasteiger partial charge in [0, 0.05) is 28.8 Å². The van der Waals surface area contributed by atoms with Crippen LogP contribution in [0.25, 0.3) is 22.3 Å². The van der Waals surface area contributed by atoms with Crippen LogP contribution in [0.15, 0.2) is 54.1 Å². The van der Waals surface area contributed by atoms with Crippen molar-refractivity contribution in [2.75, 3.05) is 13.9 Å². The van der Waals surface area contributed by atoms with Crippen LogP contribution in [0.1, 0.15) is 16.1 Å². The Morgan fingerprint density at radius 1 is 1.25 bits per heavy atom. The van der Waals surface area contributed by atoms with E-state index in [0.29, 0.717) is 39.0 Å². The van der Waals surface area contributed by atoms with Gasteiger partial charge >= 0.3 is 5.69 Å². The van der Waals surface area contributed by atoms with Gasteiger partial charge in [-0.15, -0.1) is 11.3 Å². The minimum Gasteiger partial charge on any atom is -0.490 e. The van der Waals surface area contributed by atoms with E-state index >= 15 is 0 Å². The fraction of sp³-hybridized carbons (Fsp3) is 0.0909. The van der Waals surface area contributed by atoms with Crippen molar-refractivity contribution in [1.82, 2.24) is 9.38 Å². The van der Waals surface area contributed by atoms with Crippen LogP contribution in [0.2, 0.25) is 0 Å². The molecule has 1 aliphatic heterocycles. The second kappa shape index (κ2) is 7.82. The Balaban J connectivity index is 1.54. The summed E-state index contributed by atoms with van der Waals surface area (Å²) < 4.78 is 17.5. The highest BCUT2D eigenvalue weighted by Crippen LogP contribution is 2.35. The van der Waals surface area contributed by atoms with Gasteiger partial charge in [-0.1, -0.05) is 0 Å². The summed E-state index contributed by atoms with van der Waals surface area (Å²) in [7, 11) is 1.38. The largest absolute Gasteiger partial charge is 0.490 e. The molecule has 0 saturated heterocycles. The molecule has 0 unspecified atom stereocenters. The number of nitro groups is 1. The van der Waals surface area contributed by atoms with E-state index in [1.807, 2.05) is 16.0 Å². The van der Waals surface area contributed by atoms with E-state index in [0.717, 1.165) is 0 Å². The number of carbonyl (C=O) groups excluding carboxylic acids is 1. The van der Waals surface area contributed by atoms with Gasteiger partial charge in [0.25, 0.3) is 0 Å². The molecule has 1 aliphatic rings. The molecule has 9 nitrogen and oxygen atoms in total. The molecule has 160 valence electrons. The monoisotopic (exact) mass is 449 g/mol. The SMILES string of the molecule is COc1ccc(-c2nc3sccn3c2C=CC(=O)c2ccc3c(c2)OCO3)cc1[N+](=O)[O-]. The van der Waals surface area contributed by atoms with Crippen molar-refractivity contribution in [1.29, 1.82) is 0 Å². The number of imidazole rings is 1.